The van der Waals surface area contributed by atoms with Crippen molar-refractivity contribution in [2.24, 2.45) is 0 Å². The molecule has 0 aromatic heterocycles. The monoisotopic (exact) mass is 330 g/mol. The third-order valence-electron chi connectivity index (χ3n) is 4.09. The number of likely N-dealkylation sites (tertiary alicyclic amines) is 1. The maximum atomic E-state index is 12.5. The van der Waals surface area contributed by atoms with E-state index in [-0.39, 0.29) is 11.7 Å². The Hall–Kier alpha value is -2.20. The normalized spacial score (nSPS) is 15.4. The highest BCUT2D eigenvalue weighted by atomic mass is 35.5. The third-order valence-corrected chi connectivity index (χ3v) is 4.34. The van der Waals surface area contributed by atoms with Crippen LogP contribution in [0.1, 0.15) is 23.2 Å². The first-order valence-corrected chi connectivity index (χ1v) is 8.10. The lowest BCUT2D eigenvalue weighted by Gasteiger charge is -2.33. The number of phenolic OH excluding ortho intramolecular Hbond substituents is 1. The van der Waals surface area contributed by atoms with E-state index in [1.807, 2.05) is 17.0 Å². The highest BCUT2D eigenvalue weighted by molar-refractivity contribution is 6.30. The number of hydrogen-bond acceptors (Lipinski definition) is 3. The van der Waals surface area contributed by atoms with E-state index in [2.05, 4.69) is 5.32 Å². The summed E-state index contributed by atoms with van der Waals surface area (Å²) < 4.78 is 0. The number of piperidine rings is 1. The highest BCUT2D eigenvalue weighted by Gasteiger charge is 2.23. The van der Waals surface area contributed by atoms with Crippen LogP contribution in [0.4, 0.5) is 5.69 Å². The van der Waals surface area contributed by atoms with Crippen molar-refractivity contribution < 1.29 is 9.90 Å². The fourth-order valence-corrected chi connectivity index (χ4v) is 2.96. The van der Waals surface area contributed by atoms with Gasteiger partial charge in [-0.2, -0.15) is 0 Å². The SMILES string of the molecule is O=C(c1ccc(Cl)cc1)N1CCC(Nc2cccc(O)c2)CC1. The van der Waals surface area contributed by atoms with E-state index in [0.717, 1.165) is 31.6 Å². The number of carbonyl (C=O) groups is 1. The Labute approximate surface area is 140 Å². The van der Waals surface area contributed by atoms with E-state index < -0.39 is 0 Å². The molecule has 0 aliphatic carbocycles. The number of hydrogen-bond donors (Lipinski definition) is 2. The zero-order valence-corrected chi connectivity index (χ0v) is 13.5. The predicted octanol–water partition coefficient (Wildman–Crippen LogP) is 3.76. The lowest BCUT2D eigenvalue weighted by atomic mass is 10.0. The first kappa shape index (κ1) is 15.7. The molecule has 0 saturated carbocycles. The molecule has 1 aliphatic rings. The Kier molecular flexibility index (Phi) is 4.72. The fourth-order valence-electron chi connectivity index (χ4n) is 2.83. The van der Waals surface area contributed by atoms with E-state index in [4.69, 9.17) is 11.6 Å². The molecule has 0 radical (unpaired) electrons. The van der Waals surface area contributed by atoms with Crippen LogP contribution < -0.4 is 5.32 Å². The lowest BCUT2D eigenvalue weighted by Crippen LogP contribution is -2.42. The van der Waals surface area contributed by atoms with Crippen molar-refractivity contribution in [3.63, 3.8) is 0 Å². The molecule has 5 heteroatoms. The number of rotatable bonds is 3. The molecular weight excluding hydrogens is 312 g/mol. The van der Waals surface area contributed by atoms with Gasteiger partial charge in [0.1, 0.15) is 5.75 Å². The van der Waals surface area contributed by atoms with Crippen LogP contribution in [0.15, 0.2) is 48.5 Å². The number of anilines is 1. The van der Waals surface area contributed by atoms with Crippen molar-refractivity contribution >= 4 is 23.2 Å². The van der Waals surface area contributed by atoms with Gasteiger partial charge in [-0.05, 0) is 49.2 Å². The van der Waals surface area contributed by atoms with Crippen LogP contribution in [-0.4, -0.2) is 35.0 Å². The van der Waals surface area contributed by atoms with Crippen molar-refractivity contribution in [1.29, 1.82) is 0 Å². The van der Waals surface area contributed by atoms with Gasteiger partial charge < -0.3 is 15.3 Å². The summed E-state index contributed by atoms with van der Waals surface area (Å²) in [5.74, 6) is 0.308. The minimum Gasteiger partial charge on any atom is -0.508 e. The molecule has 23 heavy (non-hydrogen) atoms. The molecule has 0 atom stereocenters. The average Bonchev–Trinajstić information content (AvgIpc) is 2.56. The molecule has 120 valence electrons. The van der Waals surface area contributed by atoms with Crippen LogP contribution >= 0.6 is 11.6 Å². The molecule has 1 heterocycles. The first-order chi connectivity index (χ1) is 11.1. The molecule has 1 fully saturated rings. The maximum absolute atomic E-state index is 12.5. The summed E-state index contributed by atoms with van der Waals surface area (Å²) in [6, 6.07) is 14.4. The van der Waals surface area contributed by atoms with Gasteiger partial charge in [-0.25, -0.2) is 0 Å². The van der Waals surface area contributed by atoms with Crippen molar-refractivity contribution in [2.45, 2.75) is 18.9 Å². The van der Waals surface area contributed by atoms with Gasteiger partial charge in [0.2, 0.25) is 0 Å². The number of phenols is 1. The van der Waals surface area contributed by atoms with Gasteiger partial charge in [0, 0.05) is 41.5 Å². The van der Waals surface area contributed by atoms with Crippen LogP contribution in [0.5, 0.6) is 5.75 Å². The molecule has 0 unspecified atom stereocenters. The molecule has 2 N–H and O–H groups in total. The number of aromatic hydroxyl groups is 1. The molecule has 0 spiro atoms. The summed E-state index contributed by atoms with van der Waals surface area (Å²) in [6.45, 7) is 1.44. The van der Waals surface area contributed by atoms with Crippen LogP contribution in [0.25, 0.3) is 0 Å². The predicted molar refractivity (Wildman–Crippen MR) is 92.1 cm³/mol. The summed E-state index contributed by atoms with van der Waals surface area (Å²) in [5.41, 5.74) is 1.58. The molecule has 4 nitrogen and oxygen atoms in total. The number of benzene rings is 2. The average molecular weight is 331 g/mol. The van der Waals surface area contributed by atoms with Crippen molar-refractivity contribution in [2.75, 3.05) is 18.4 Å². The summed E-state index contributed by atoms with van der Waals surface area (Å²) in [6.07, 6.45) is 1.77. The largest absolute Gasteiger partial charge is 0.508 e. The van der Waals surface area contributed by atoms with E-state index in [0.29, 0.717) is 16.6 Å². The smallest absolute Gasteiger partial charge is 0.253 e. The maximum Gasteiger partial charge on any atom is 0.253 e. The molecule has 1 amide bonds. The number of amides is 1. The van der Waals surface area contributed by atoms with Crippen LogP contribution in [0.3, 0.4) is 0 Å². The fraction of sp³-hybridized carbons (Fsp3) is 0.278. The Bertz CT molecular complexity index is 680. The number of carbonyl (C=O) groups excluding carboxylic acids is 1. The van der Waals surface area contributed by atoms with Crippen LogP contribution in [0, 0.1) is 0 Å². The summed E-state index contributed by atoms with van der Waals surface area (Å²) >= 11 is 5.86. The highest BCUT2D eigenvalue weighted by Crippen LogP contribution is 2.21. The van der Waals surface area contributed by atoms with Gasteiger partial charge in [0.15, 0.2) is 0 Å². The zero-order valence-electron chi connectivity index (χ0n) is 12.7. The van der Waals surface area contributed by atoms with E-state index in [1.54, 1.807) is 36.4 Å². The lowest BCUT2D eigenvalue weighted by molar-refractivity contribution is 0.0718. The Morgan fingerprint density at radius 1 is 1.13 bits per heavy atom. The van der Waals surface area contributed by atoms with E-state index >= 15 is 0 Å². The van der Waals surface area contributed by atoms with Gasteiger partial charge >= 0.3 is 0 Å². The Morgan fingerprint density at radius 3 is 2.48 bits per heavy atom. The zero-order chi connectivity index (χ0) is 16.2. The Morgan fingerprint density at radius 2 is 1.83 bits per heavy atom. The molecular formula is C18H19ClN2O2. The summed E-state index contributed by atoms with van der Waals surface area (Å²) in [4.78, 5) is 14.3. The van der Waals surface area contributed by atoms with Gasteiger partial charge in [0.25, 0.3) is 5.91 Å². The quantitative estimate of drug-likeness (QED) is 0.901. The van der Waals surface area contributed by atoms with E-state index in [9.17, 15) is 9.90 Å². The second-order valence-electron chi connectivity index (χ2n) is 5.77. The topological polar surface area (TPSA) is 52.6 Å². The molecule has 1 saturated heterocycles. The molecule has 0 bridgehead atoms. The Balaban J connectivity index is 1.55. The number of nitrogens with zero attached hydrogens (tertiary/aromatic N) is 1. The minimum absolute atomic E-state index is 0.0532. The number of nitrogens with one attached hydrogen (secondary N) is 1. The van der Waals surface area contributed by atoms with Crippen molar-refractivity contribution in [3.05, 3.63) is 59.1 Å². The van der Waals surface area contributed by atoms with E-state index in [1.165, 1.54) is 0 Å². The molecule has 2 aromatic rings. The van der Waals surface area contributed by atoms with Crippen molar-refractivity contribution in [3.8, 4) is 5.75 Å². The summed E-state index contributed by atoms with van der Waals surface area (Å²) in [5, 5.41) is 13.5. The van der Waals surface area contributed by atoms with Gasteiger partial charge in [0.05, 0.1) is 0 Å². The van der Waals surface area contributed by atoms with Gasteiger partial charge in [-0.15, -0.1) is 0 Å². The molecule has 2 aromatic carbocycles. The summed E-state index contributed by atoms with van der Waals surface area (Å²) in [7, 11) is 0. The second kappa shape index (κ2) is 6.92. The van der Waals surface area contributed by atoms with Crippen molar-refractivity contribution in [1.82, 2.24) is 4.90 Å². The first-order valence-electron chi connectivity index (χ1n) is 7.72. The number of halogens is 1. The minimum atomic E-state index is 0.0532. The van der Waals surface area contributed by atoms with Crippen LogP contribution in [-0.2, 0) is 0 Å². The van der Waals surface area contributed by atoms with Gasteiger partial charge in [-0.3, -0.25) is 4.79 Å². The standard InChI is InChI=1S/C18H19ClN2O2/c19-14-6-4-13(5-7-14)18(23)21-10-8-15(9-11-21)20-16-2-1-3-17(22)12-16/h1-7,12,15,20,22H,8-11H2. The molecule has 3 rings (SSSR count). The van der Waals surface area contributed by atoms with Gasteiger partial charge in [-0.1, -0.05) is 17.7 Å². The second-order valence-corrected chi connectivity index (χ2v) is 6.20. The molecule has 1 aliphatic heterocycles. The van der Waals surface area contributed by atoms with Crippen LogP contribution in [0.2, 0.25) is 5.02 Å². The third kappa shape index (κ3) is 3.96.